The van der Waals surface area contributed by atoms with E-state index in [4.69, 9.17) is 20.6 Å². The van der Waals surface area contributed by atoms with E-state index >= 15 is 0 Å². The lowest BCUT2D eigenvalue weighted by Gasteiger charge is -2.34. The van der Waals surface area contributed by atoms with Crippen LogP contribution in [0.2, 0.25) is 0 Å². The number of hydrogen-bond donors (Lipinski definition) is 2. The van der Waals surface area contributed by atoms with E-state index < -0.39 is 60.1 Å². The van der Waals surface area contributed by atoms with E-state index in [0.29, 0.717) is 34.2 Å². The summed E-state index contributed by atoms with van der Waals surface area (Å²) in [6.45, 7) is 5.52. The molecule has 4 N–H and O–H groups in total. The molecule has 2 aromatic carbocycles. The molecule has 0 aliphatic heterocycles. The Kier molecular flexibility index (Phi) is 14.3. The van der Waals surface area contributed by atoms with Crippen molar-refractivity contribution >= 4 is 28.7 Å². The van der Waals surface area contributed by atoms with Crippen LogP contribution in [0.15, 0.2) is 51.8 Å². The predicted octanol–water partition coefficient (Wildman–Crippen LogP) is 9.29. The molecule has 53 heavy (non-hydrogen) atoms. The molecular weight excluding hydrogens is 744 g/mol. The Balaban J connectivity index is 1.59. The Morgan fingerprint density at radius 2 is 1.51 bits per heavy atom. The lowest BCUT2D eigenvalue weighted by atomic mass is 9.79. The van der Waals surface area contributed by atoms with Gasteiger partial charge in [-0.3, -0.25) is 4.79 Å². The molecule has 1 unspecified atom stereocenters. The molecule has 1 heterocycles. The number of ether oxygens (including phenoxy) is 5. The van der Waals surface area contributed by atoms with Gasteiger partial charge in [0.25, 0.3) is 0 Å². The number of nitrogens with two attached hydrogens (primary N) is 2. The third-order valence-electron chi connectivity index (χ3n) is 7.84. The zero-order valence-electron chi connectivity index (χ0n) is 30.0. The van der Waals surface area contributed by atoms with E-state index in [1.807, 2.05) is 18.2 Å². The standard InChI is InChI=1S/C35H44F8N2O7S/c1-7-8-9-10-21-11-14-24(26(15-21)47-6)27-16-22-12-13-23(17-25(22)49-27)53-20-33(38,39)51-35(42,43)52-34(40,41)50-32(36,37)19-48-29(46)31(4,5)28(44)18-30(2,3)45/h11-17,28H,7-10,18-20,44-45H2,1-6H3. The number of unbranched alkanes of at least 4 members (excludes halogenated alkanes) is 2. The molecule has 1 atom stereocenters. The van der Waals surface area contributed by atoms with Crippen LogP contribution in [0.5, 0.6) is 5.75 Å². The van der Waals surface area contributed by atoms with Gasteiger partial charge in [0.1, 0.15) is 17.1 Å². The lowest BCUT2D eigenvalue weighted by Crippen LogP contribution is -2.51. The second kappa shape index (κ2) is 17.1. The van der Waals surface area contributed by atoms with Gasteiger partial charge in [0.15, 0.2) is 6.61 Å². The summed E-state index contributed by atoms with van der Waals surface area (Å²) in [5.74, 6) is -1.95. The fraction of sp³-hybridized carbons (Fsp3) is 0.571. The third-order valence-corrected chi connectivity index (χ3v) is 8.91. The second-order valence-corrected chi connectivity index (χ2v) is 14.7. The van der Waals surface area contributed by atoms with Crippen molar-refractivity contribution in [1.29, 1.82) is 0 Å². The summed E-state index contributed by atoms with van der Waals surface area (Å²) in [6, 6.07) is 10.6. The van der Waals surface area contributed by atoms with Crippen molar-refractivity contribution in [2.45, 2.75) is 108 Å². The zero-order valence-corrected chi connectivity index (χ0v) is 30.8. The molecule has 0 bridgehead atoms. The van der Waals surface area contributed by atoms with Crippen LogP contribution in [0.3, 0.4) is 0 Å². The van der Waals surface area contributed by atoms with E-state index in [1.165, 1.54) is 39.2 Å². The molecule has 0 saturated heterocycles. The maximum absolute atomic E-state index is 14.4. The number of aryl methyl sites for hydroxylation is 1. The summed E-state index contributed by atoms with van der Waals surface area (Å²) in [5, 5.41) is 0.582. The molecular formula is C35H44F8N2O7S. The number of benzene rings is 2. The monoisotopic (exact) mass is 788 g/mol. The molecule has 1 aromatic heterocycles. The number of thioether (sulfide) groups is 1. The normalized spacial score (nSPS) is 14.1. The van der Waals surface area contributed by atoms with Crippen LogP contribution in [-0.2, 0) is 30.2 Å². The minimum atomic E-state index is -5.90. The molecule has 0 radical (unpaired) electrons. The number of carbonyl (C=O) groups is 1. The van der Waals surface area contributed by atoms with E-state index in [0.717, 1.165) is 31.2 Å². The highest BCUT2D eigenvalue weighted by Crippen LogP contribution is 2.40. The summed E-state index contributed by atoms with van der Waals surface area (Å²) >= 11 is 0.299. The molecule has 0 fully saturated rings. The number of methoxy groups -OCH3 is 1. The van der Waals surface area contributed by atoms with Crippen molar-refractivity contribution in [2.75, 3.05) is 19.5 Å². The summed E-state index contributed by atoms with van der Waals surface area (Å²) in [5.41, 5.74) is 11.2. The van der Waals surface area contributed by atoms with Gasteiger partial charge >= 0.3 is 30.8 Å². The maximum atomic E-state index is 14.4. The SMILES string of the molecule is CCCCCc1ccc(-c2cc3ccc(SCC(F)(F)OC(F)(F)OC(F)(F)OC(F)(F)COC(=O)C(C)(C)C(N)CC(C)(C)N)cc3o2)c(OC)c1. The predicted molar refractivity (Wildman–Crippen MR) is 181 cm³/mol. The minimum absolute atomic E-state index is 0.0247. The van der Waals surface area contributed by atoms with Gasteiger partial charge in [0.05, 0.1) is 23.8 Å². The van der Waals surface area contributed by atoms with Crippen molar-refractivity contribution in [3.8, 4) is 17.1 Å². The number of hydrogen-bond acceptors (Lipinski definition) is 10. The van der Waals surface area contributed by atoms with Crippen LogP contribution in [0.1, 0.15) is 65.9 Å². The smallest absolute Gasteiger partial charge is 0.496 e. The van der Waals surface area contributed by atoms with Crippen molar-refractivity contribution in [3.05, 3.63) is 48.0 Å². The first-order valence-corrected chi connectivity index (χ1v) is 17.4. The number of esters is 1. The van der Waals surface area contributed by atoms with Gasteiger partial charge in [-0.25, -0.2) is 14.2 Å². The first-order valence-electron chi connectivity index (χ1n) is 16.4. The first kappa shape index (κ1) is 44.2. The topological polar surface area (TPSA) is 128 Å². The highest BCUT2D eigenvalue weighted by Gasteiger charge is 2.57. The van der Waals surface area contributed by atoms with Crippen molar-refractivity contribution in [2.24, 2.45) is 16.9 Å². The molecule has 0 aliphatic rings. The summed E-state index contributed by atoms with van der Waals surface area (Å²) in [4.78, 5) is 12.5. The maximum Gasteiger partial charge on any atom is 0.496 e. The number of carbonyl (C=O) groups excluding carboxylic acids is 1. The molecule has 298 valence electrons. The van der Waals surface area contributed by atoms with Crippen molar-refractivity contribution in [3.63, 3.8) is 0 Å². The van der Waals surface area contributed by atoms with Gasteiger partial charge in [0.2, 0.25) is 0 Å². The molecule has 18 heteroatoms. The first-order chi connectivity index (χ1) is 24.3. The second-order valence-electron chi connectivity index (χ2n) is 13.7. The van der Waals surface area contributed by atoms with E-state index in [1.54, 1.807) is 19.9 Å². The van der Waals surface area contributed by atoms with Gasteiger partial charge in [-0.2, -0.15) is 17.6 Å². The van der Waals surface area contributed by atoms with Gasteiger partial charge in [-0.05, 0) is 88.9 Å². The molecule has 3 aromatic rings. The number of halogens is 8. The highest BCUT2D eigenvalue weighted by atomic mass is 32.2. The Morgan fingerprint density at radius 1 is 0.868 bits per heavy atom. The van der Waals surface area contributed by atoms with Crippen LogP contribution >= 0.6 is 11.8 Å². The summed E-state index contributed by atoms with van der Waals surface area (Å²) in [6.07, 6.45) is -17.6. The summed E-state index contributed by atoms with van der Waals surface area (Å²) in [7, 11) is 1.51. The van der Waals surface area contributed by atoms with Gasteiger partial charge in [0, 0.05) is 21.9 Å². The quantitative estimate of drug-likeness (QED) is 0.0354. The van der Waals surface area contributed by atoms with Crippen LogP contribution in [0.25, 0.3) is 22.3 Å². The van der Waals surface area contributed by atoms with Gasteiger partial charge in [-0.15, -0.1) is 29.3 Å². The average molecular weight is 789 g/mol. The molecule has 3 rings (SSSR count). The van der Waals surface area contributed by atoms with E-state index in [2.05, 4.69) is 25.9 Å². The Bertz CT molecular complexity index is 1680. The highest BCUT2D eigenvalue weighted by molar-refractivity contribution is 7.99. The molecule has 9 nitrogen and oxygen atoms in total. The largest absolute Gasteiger partial charge is 0.496 e. The number of furan rings is 1. The third kappa shape index (κ3) is 13.6. The van der Waals surface area contributed by atoms with Crippen LogP contribution < -0.4 is 16.2 Å². The van der Waals surface area contributed by atoms with Crippen molar-refractivity contribution in [1.82, 2.24) is 0 Å². The Hall–Kier alpha value is -3.16. The molecule has 0 amide bonds. The van der Waals surface area contributed by atoms with Gasteiger partial charge in [-0.1, -0.05) is 25.8 Å². The van der Waals surface area contributed by atoms with Crippen LogP contribution in [0, 0.1) is 5.41 Å². The molecule has 0 aliphatic carbocycles. The Labute approximate surface area is 305 Å². The van der Waals surface area contributed by atoms with E-state index in [-0.39, 0.29) is 16.9 Å². The zero-order chi connectivity index (χ0) is 40.0. The van der Waals surface area contributed by atoms with Gasteiger partial charge < -0.3 is 25.4 Å². The fourth-order valence-electron chi connectivity index (χ4n) is 4.97. The van der Waals surface area contributed by atoms with Crippen LogP contribution in [0.4, 0.5) is 35.1 Å². The summed E-state index contributed by atoms with van der Waals surface area (Å²) < 4.78 is 138. The molecule has 0 spiro atoms. The fourth-order valence-corrected chi connectivity index (χ4v) is 5.72. The van der Waals surface area contributed by atoms with E-state index in [9.17, 15) is 39.9 Å². The number of fused-ring (bicyclic) bond motifs is 1. The average Bonchev–Trinajstić information content (AvgIpc) is 3.43. The van der Waals surface area contributed by atoms with Crippen LogP contribution in [-0.4, -0.2) is 61.8 Å². The lowest BCUT2D eigenvalue weighted by molar-refractivity contribution is -0.572. The number of rotatable bonds is 21. The minimum Gasteiger partial charge on any atom is -0.496 e. The molecule has 0 saturated carbocycles. The van der Waals surface area contributed by atoms with Crippen molar-refractivity contribution < 1.29 is 68.0 Å². The Morgan fingerprint density at radius 3 is 2.11 bits per heavy atom. The number of alkyl halides is 8.